The second kappa shape index (κ2) is 6.62. The maximum atomic E-state index is 10.4. The van der Waals surface area contributed by atoms with E-state index in [1.807, 2.05) is 24.3 Å². The van der Waals surface area contributed by atoms with Crippen LogP contribution in [0.1, 0.15) is 19.8 Å². The van der Waals surface area contributed by atoms with Crippen molar-refractivity contribution in [3.05, 3.63) is 60.1 Å². The average molecular weight is 273 g/mol. The van der Waals surface area contributed by atoms with Crippen LogP contribution in [0.15, 0.2) is 60.1 Å². The van der Waals surface area contributed by atoms with Crippen LogP contribution in [0.3, 0.4) is 0 Å². The van der Waals surface area contributed by atoms with E-state index < -0.39 is 6.10 Å². The number of aliphatic hydroxyl groups is 2. The molecule has 0 aromatic heterocycles. The summed E-state index contributed by atoms with van der Waals surface area (Å²) in [6.07, 6.45) is 12.9. The zero-order valence-electron chi connectivity index (χ0n) is 11.9. The molecule has 3 heteroatoms. The zero-order chi connectivity index (χ0) is 14.5. The Kier molecular flexibility index (Phi) is 4.85. The molecule has 3 nitrogen and oxygen atoms in total. The van der Waals surface area contributed by atoms with Crippen molar-refractivity contribution in [3.8, 4) is 0 Å². The van der Waals surface area contributed by atoms with Crippen LogP contribution < -0.4 is 5.32 Å². The van der Waals surface area contributed by atoms with E-state index in [1.165, 1.54) is 0 Å². The van der Waals surface area contributed by atoms with E-state index in [0.29, 0.717) is 12.1 Å². The molecular formula is C17H23NO2. The van der Waals surface area contributed by atoms with Gasteiger partial charge in [0.1, 0.15) is 11.9 Å². The Hall–Kier alpha value is -1.74. The topological polar surface area (TPSA) is 52.5 Å². The molecule has 0 amide bonds. The van der Waals surface area contributed by atoms with Crippen molar-refractivity contribution in [2.24, 2.45) is 11.8 Å². The standard InChI is InChI=1S/C17H23NO2/c1-12(14-8-5-3-4-6-9-14)13(2)17(20)16-15(19)10-7-11-18-16/h3-6,8-9,12,14,17-20H,2,7,10-11H2,1H3/t12?,17-/m1/s1. The van der Waals surface area contributed by atoms with Crippen molar-refractivity contribution in [1.82, 2.24) is 5.32 Å². The molecule has 0 saturated carbocycles. The second-order valence-electron chi connectivity index (χ2n) is 5.39. The fourth-order valence-corrected chi connectivity index (χ4v) is 2.56. The molecule has 0 radical (unpaired) electrons. The molecule has 1 aliphatic heterocycles. The van der Waals surface area contributed by atoms with Crippen LogP contribution in [-0.2, 0) is 0 Å². The number of allylic oxidation sites excluding steroid dienone is 7. The lowest BCUT2D eigenvalue weighted by molar-refractivity contribution is 0.205. The lowest BCUT2D eigenvalue weighted by atomic mass is 9.83. The van der Waals surface area contributed by atoms with Crippen molar-refractivity contribution in [2.75, 3.05) is 6.54 Å². The first-order valence-corrected chi connectivity index (χ1v) is 7.15. The first-order valence-electron chi connectivity index (χ1n) is 7.15. The first-order chi connectivity index (χ1) is 9.61. The maximum absolute atomic E-state index is 10.4. The Morgan fingerprint density at radius 1 is 1.30 bits per heavy atom. The summed E-state index contributed by atoms with van der Waals surface area (Å²) in [5.41, 5.74) is 1.25. The van der Waals surface area contributed by atoms with Gasteiger partial charge in [-0.1, -0.05) is 50.0 Å². The molecule has 2 atom stereocenters. The van der Waals surface area contributed by atoms with Gasteiger partial charge < -0.3 is 15.5 Å². The van der Waals surface area contributed by atoms with E-state index in [0.717, 1.165) is 18.5 Å². The molecule has 1 heterocycles. The predicted molar refractivity (Wildman–Crippen MR) is 82.1 cm³/mol. The normalized spacial score (nSPS) is 22.3. The molecule has 0 aromatic rings. The minimum Gasteiger partial charge on any atom is -0.510 e. The minimum absolute atomic E-state index is 0.0985. The number of nitrogens with one attached hydrogen (secondary N) is 1. The quantitative estimate of drug-likeness (QED) is 0.690. The molecule has 0 bridgehead atoms. The summed E-state index contributed by atoms with van der Waals surface area (Å²) in [6, 6.07) is 0. The molecule has 0 spiro atoms. The Bertz CT molecular complexity index is 469. The lowest BCUT2D eigenvalue weighted by Gasteiger charge is -2.28. The molecule has 0 aromatic carbocycles. The highest BCUT2D eigenvalue weighted by Crippen LogP contribution is 2.29. The first kappa shape index (κ1) is 14.7. The number of aliphatic hydroxyl groups excluding tert-OH is 2. The van der Waals surface area contributed by atoms with Crippen LogP contribution >= 0.6 is 0 Å². The van der Waals surface area contributed by atoms with Gasteiger partial charge in [-0.3, -0.25) is 0 Å². The second-order valence-corrected chi connectivity index (χ2v) is 5.39. The van der Waals surface area contributed by atoms with E-state index >= 15 is 0 Å². The van der Waals surface area contributed by atoms with Crippen molar-refractivity contribution < 1.29 is 10.2 Å². The highest BCUT2D eigenvalue weighted by molar-refractivity contribution is 5.29. The summed E-state index contributed by atoms with van der Waals surface area (Å²) >= 11 is 0. The average Bonchev–Trinajstić information content (AvgIpc) is 2.74. The van der Waals surface area contributed by atoms with Gasteiger partial charge in [-0.25, -0.2) is 0 Å². The van der Waals surface area contributed by atoms with Crippen LogP contribution in [0.5, 0.6) is 0 Å². The molecule has 3 N–H and O–H groups in total. The van der Waals surface area contributed by atoms with Gasteiger partial charge in [0.25, 0.3) is 0 Å². The van der Waals surface area contributed by atoms with Crippen LogP contribution in [0.2, 0.25) is 0 Å². The summed E-state index contributed by atoms with van der Waals surface area (Å²) in [4.78, 5) is 0. The largest absolute Gasteiger partial charge is 0.510 e. The maximum Gasteiger partial charge on any atom is 0.118 e. The highest BCUT2D eigenvalue weighted by Gasteiger charge is 2.26. The number of rotatable bonds is 4. The van der Waals surface area contributed by atoms with Gasteiger partial charge in [-0.05, 0) is 17.9 Å². The molecule has 2 aliphatic rings. The molecule has 20 heavy (non-hydrogen) atoms. The Morgan fingerprint density at radius 3 is 2.55 bits per heavy atom. The van der Waals surface area contributed by atoms with Crippen molar-refractivity contribution in [3.63, 3.8) is 0 Å². The van der Waals surface area contributed by atoms with Gasteiger partial charge in [-0.2, -0.15) is 0 Å². The third-order valence-corrected chi connectivity index (χ3v) is 4.00. The molecular weight excluding hydrogens is 250 g/mol. The monoisotopic (exact) mass is 273 g/mol. The summed E-state index contributed by atoms with van der Waals surface area (Å²) in [7, 11) is 0. The van der Waals surface area contributed by atoms with E-state index in [9.17, 15) is 10.2 Å². The van der Waals surface area contributed by atoms with Gasteiger partial charge in [0.05, 0.1) is 5.70 Å². The van der Waals surface area contributed by atoms with Crippen molar-refractivity contribution in [2.45, 2.75) is 25.9 Å². The third-order valence-electron chi connectivity index (χ3n) is 4.00. The van der Waals surface area contributed by atoms with Gasteiger partial charge in [0.2, 0.25) is 0 Å². The smallest absolute Gasteiger partial charge is 0.118 e. The van der Waals surface area contributed by atoms with E-state index in [4.69, 9.17) is 0 Å². The van der Waals surface area contributed by atoms with Crippen LogP contribution in [0.4, 0.5) is 0 Å². The van der Waals surface area contributed by atoms with Gasteiger partial charge in [0.15, 0.2) is 0 Å². The summed E-state index contributed by atoms with van der Waals surface area (Å²) in [5, 5.41) is 23.4. The zero-order valence-corrected chi connectivity index (χ0v) is 11.9. The fourth-order valence-electron chi connectivity index (χ4n) is 2.56. The fraction of sp³-hybridized carbons (Fsp3) is 0.412. The van der Waals surface area contributed by atoms with Gasteiger partial charge in [-0.15, -0.1) is 0 Å². The molecule has 1 aliphatic carbocycles. The van der Waals surface area contributed by atoms with Crippen molar-refractivity contribution >= 4 is 0 Å². The van der Waals surface area contributed by atoms with E-state index in [1.54, 1.807) is 0 Å². The van der Waals surface area contributed by atoms with E-state index in [-0.39, 0.29) is 17.6 Å². The number of hydrogen-bond donors (Lipinski definition) is 3. The van der Waals surface area contributed by atoms with Crippen LogP contribution in [-0.4, -0.2) is 22.9 Å². The molecule has 0 fully saturated rings. The predicted octanol–water partition coefficient (Wildman–Crippen LogP) is 2.99. The summed E-state index contributed by atoms with van der Waals surface area (Å²) in [5.74, 6) is 0.561. The van der Waals surface area contributed by atoms with Crippen molar-refractivity contribution in [1.29, 1.82) is 0 Å². The lowest BCUT2D eigenvalue weighted by Crippen LogP contribution is -2.33. The van der Waals surface area contributed by atoms with Crippen LogP contribution in [0, 0.1) is 11.8 Å². The Labute approximate surface area is 120 Å². The van der Waals surface area contributed by atoms with Crippen LogP contribution in [0.25, 0.3) is 0 Å². The van der Waals surface area contributed by atoms with Gasteiger partial charge >= 0.3 is 0 Å². The highest BCUT2D eigenvalue weighted by atomic mass is 16.3. The Balaban J connectivity index is 2.10. The Morgan fingerprint density at radius 2 is 1.95 bits per heavy atom. The summed E-state index contributed by atoms with van der Waals surface area (Å²) < 4.78 is 0. The van der Waals surface area contributed by atoms with E-state index in [2.05, 4.69) is 31.0 Å². The minimum atomic E-state index is -0.830. The summed E-state index contributed by atoms with van der Waals surface area (Å²) in [6.45, 7) is 6.88. The number of hydrogen-bond acceptors (Lipinski definition) is 3. The molecule has 1 unspecified atom stereocenters. The third kappa shape index (κ3) is 3.23. The molecule has 2 rings (SSSR count). The SMILES string of the molecule is C=C(C(C)C1C=CC=CC=C1)[C@@H](O)C1=C(O)CCCN1. The van der Waals surface area contributed by atoms with Gasteiger partial charge in [0, 0.05) is 18.9 Å². The molecule has 0 saturated heterocycles. The molecule has 108 valence electrons.